The molecule has 4 rings (SSSR count). The third kappa shape index (κ3) is 4.96. The zero-order chi connectivity index (χ0) is 23.5. The van der Waals surface area contributed by atoms with Gasteiger partial charge in [0.15, 0.2) is 6.61 Å². The Morgan fingerprint density at radius 2 is 1.91 bits per heavy atom. The van der Waals surface area contributed by atoms with Gasteiger partial charge in [0.25, 0.3) is 11.6 Å². The summed E-state index contributed by atoms with van der Waals surface area (Å²) in [5, 5.41) is 7.24. The number of hydrogen-bond donors (Lipinski definition) is 1. The second-order valence-corrected chi connectivity index (χ2v) is 9.39. The lowest BCUT2D eigenvalue weighted by molar-refractivity contribution is -0.124. The maximum absolute atomic E-state index is 12.9. The van der Waals surface area contributed by atoms with E-state index in [1.54, 1.807) is 24.3 Å². The molecule has 33 heavy (non-hydrogen) atoms. The van der Waals surface area contributed by atoms with Gasteiger partial charge in [0, 0.05) is 21.9 Å². The molecule has 0 aliphatic rings. The van der Waals surface area contributed by atoms with Crippen molar-refractivity contribution in [3.05, 3.63) is 68.5 Å². The number of ether oxygens (including phenoxy) is 1. The quantitative estimate of drug-likeness (QED) is 0.399. The van der Waals surface area contributed by atoms with Crippen LogP contribution in [-0.2, 0) is 16.0 Å². The third-order valence-electron chi connectivity index (χ3n) is 5.47. The molecule has 0 unspecified atom stereocenters. The van der Waals surface area contributed by atoms with E-state index >= 15 is 0 Å². The van der Waals surface area contributed by atoms with Gasteiger partial charge in [0.05, 0.1) is 22.3 Å². The van der Waals surface area contributed by atoms with E-state index in [9.17, 15) is 9.59 Å². The molecule has 0 bridgehead atoms. The highest BCUT2D eigenvalue weighted by atomic mass is 32.1. The number of pyridine rings is 1. The fourth-order valence-corrected chi connectivity index (χ4v) is 4.70. The molecular weight excluding hydrogens is 438 g/mol. The second kappa shape index (κ2) is 9.54. The molecule has 1 N–H and O–H groups in total. The summed E-state index contributed by atoms with van der Waals surface area (Å²) in [4.78, 5) is 31.9. The number of carbonyl (C=O) groups is 2. The Hall–Kier alpha value is -3.52. The van der Waals surface area contributed by atoms with E-state index in [1.165, 1.54) is 11.1 Å². The molecule has 0 spiro atoms. The van der Waals surface area contributed by atoms with Gasteiger partial charge in [-0.2, -0.15) is 0 Å². The van der Waals surface area contributed by atoms with Crippen LogP contribution in [0.2, 0.25) is 0 Å². The van der Waals surface area contributed by atoms with E-state index < -0.39 is 5.97 Å². The SMILES string of the molecule is Cc1cc(-c2cc(C(=O)OCC(=O)NCCc3ccccc3C)c3c(C)noc3n2)c(C)s1. The molecule has 1 amide bonds. The summed E-state index contributed by atoms with van der Waals surface area (Å²) in [5.41, 5.74) is 4.97. The second-order valence-electron chi connectivity index (χ2n) is 7.93. The maximum Gasteiger partial charge on any atom is 0.339 e. The number of nitrogens with zero attached hydrogens (tertiary/aromatic N) is 2. The number of benzene rings is 1. The van der Waals surface area contributed by atoms with Crippen molar-refractivity contribution >= 4 is 34.3 Å². The van der Waals surface area contributed by atoms with Gasteiger partial charge in [-0.05, 0) is 57.4 Å². The van der Waals surface area contributed by atoms with Gasteiger partial charge >= 0.3 is 5.97 Å². The van der Waals surface area contributed by atoms with Gasteiger partial charge in [0.2, 0.25) is 0 Å². The van der Waals surface area contributed by atoms with Crippen molar-refractivity contribution in [3.63, 3.8) is 0 Å². The van der Waals surface area contributed by atoms with Crippen molar-refractivity contribution in [2.75, 3.05) is 13.2 Å². The van der Waals surface area contributed by atoms with Crippen molar-refractivity contribution in [3.8, 4) is 11.3 Å². The lowest BCUT2D eigenvalue weighted by Gasteiger charge is -2.09. The number of hydrogen-bond acceptors (Lipinski definition) is 7. The predicted molar refractivity (Wildman–Crippen MR) is 128 cm³/mol. The smallest absolute Gasteiger partial charge is 0.339 e. The first-order valence-corrected chi connectivity index (χ1v) is 11.5. The lowest BCUT2D eigenvalue weighted by Crippen LogP contribution is -2.30. The highest BCUT2D eigenvalue weighted by molar-refractivity contribution is 7.12. The number of nitrogens with one attached hydrogen (secondary N) is 1. The molecule has 3 aromatic heterocycles. The van der Waals surface area contributed by atoms with Crippen LogP contribution in [0, 0.1) is 27.7 Å². The van der Waals surface area contributed by atoms with E-state index in [4.69, 9.17) is 9.26 Å². The number of aryl methyl sites for hydroxylation is 4. The number of thiophene rings is 1. The van der Waals surface area contributed by atoms with E-state index in [0.29, 0.717) is 29.7 Å². The lowest BCUT2D eigenvalue weighted by atomic mass is 10.1. The molecule has 0 fully saturated rings. The Labute approximate surface area is 195 Å². The summed E-state index contributed by atoms with van der Waals surface area (Å²) in [7, 11) is 0. The minimum Gasteiger partial charge on any atom is -0.452 e. The highest BCUT2D eigenvalue weighted by Gasteiger charge is 2.22. The summed E-state index contributed by atoms with van der Waals surface area (Å²) in [6.07, 6.45) is 0.708. The van der Waals surface area contributed by atoms with Crippen molar-refractivity contribution in [2.45, 2.75) is 34.1 Å². The summed E-state index contributed by atoms with van der Waals surface area (Å²) >= 11 is 1.65. The fraction of sp³-hybridized carbons (Fsp3) is 0.280. The van der Waals surface area contributed by atoms with E-state index in [1.807, 2.05) is 51.1 Å². The topological polar surface area (TPSA) is 94.3 Å². The first-order chi connectivity index (χ1) is 15.8. The van der Waals surface area contributed by atoms with Gasteiger partial charge in [0.1, 0.15) is 0 Å². The largest absolute Gasteiger partial charge is 0.452 e. The van der Waals surface area contributed by atoms with Crippen molar-refractivity contribution in [1.29, 1.82) is 0 Å². The van der Waals surface area contributed by atoms with E-state index in [-0.39, 0.29) is 23.8 Å². The standard InChI is InChI=1S/C25H25N3O4S/c1-14-7-5-6-8-18(14)9-10-26-22(29)13-31-25(30)20-12-21(19-11-15(2)33-17(19)4)27-24-23(20)16(3)28-32-24/h5-8,11-12H,9-10,13H2,1-4H3,(H,26,29). The molecular formula is C25H25N3O4S. The summed E-state index contributed by atoms with van der Waals surface area (Å²) in [6, 6.07) is 11.7. The molecule has 0 aliphatic carbocycles. The molecule has 0 radical (unpaired) electrons. The molecule has 3 heterocycles. The van der Waals surface area contributed by atoms with Crippen LogP contribution < -0.4 is 5.32 Å². The average molecular weight is 464 g/mol. The Balaban J connectivity index is 1.46. The third-order valence-corrected chi connectivity index (χ3v) is 6.43. The molecule has 7 nitrogen and oxygen atoms in total. The summed E-state index contributed by atoms with van der Waals surface area (Å²) < 4.78 is 10.7. The number of rotatable bonds is 7. The molecule has 0 saturated carbocycles. The van der Waals surface area contributed by atoms with Crippen LogP contribution in [0.3, 0.4) is 0 Å². The molecule has 1 aromatic carbocycles. The Kier molecular flexibility index (Phi) is 6.55. The number of esters is 1. The van der Waals surface area contributed by atoms with Crippen molar-refractivity contribution < 1.29 is 18.8 Å². The van der Waals surface area contributed by atoms with Gasteiger partial charge in [-0.1, -0.05) is 29.4 Å². The van der Waals surface area contributed by atoms with Crippen LogP contribution in [0.4, 0.5) is 0 Å². The molecule has 8 heteroatoms. The minimum atomic E-state index is -0.617. The van der Waals surface area contributed by atoms with E-state index in [2.05, 4.69) is 15.5 Å². The van der Waals surface area contributed by atoms with Crippen LogP contribution in [0.15, 0.2) is 40.9 Å². The number of aromatic nitrogens is 2. The number of carbonyl (C=O) groups excluding carboxylic acids is 2. The van der Waals surface area contributed by atoms with Gasteiger partial charge < -0.3 is 14.6 Å². The summed E-state index contributed by atoms with van der Waals surface area (Å²) in [6.45, 7) is 7.89. The predicted octanol–water partition coefficient (Wildman–Crippen LogP) is 4.70. The highest BCUT2D eigenvalue weighted by Crippen LogP contribution is 2.33. The Morgan fingerprint density at radius 3 is 2.64 bits per heavy atom. The Bertz CT molecular complexity index is 1340. The first-order valence-electron chi connectivity index (χ1n) is 10.7. The van der Waals surface area contributed by atoms with Gasteiger partial charge in [-0.25, -0.2) is 9.78 Å². The monoisotopic (exact) mass is 463 g/mol. The van der Waals surface area contributed by atoms with Crippen LogP contribution >= 0.6 is 11.3 Å². The molecule has 4 aromatic rings. The normalized spacial score (nSPS) is 11.0. The molecule has 170 valence electrons. The van der Waals surface area contributed by atoms with E-state index in [0.717, 1.165) is 15.3 Å². The first kappa shape index (κ1) is 22.7. The maximum atomic E-state index is 12.9. The molecule has 0 saturated heterocycles. The summed E-state index contributed by atoms with van der Waals surface area (Å²) in [5.74, 6) is -0.970. The molecule has 0 aliphatic heterocycles. The average Bonchev–Trinajstić information content (AvgIpc) is 3.33. The van der Waals surface area contributed by atoms with Crippen molar-refractivity contribution in [1.82, 2.24) is 15.5 Å². The van der Waals surface area contributed by atoms with Crippen LogP contribution in [0.1, 0.15) is 36.9 Å². The zero-order valence-corrected chi connectivity index (χ0v) is 19.8. The van der Waals surface area contributed by atoms with Crippen LogP contribution in [0.5, 0.6) is 0 Å². The molecule has 0 atom stereocenters. The number of fused-ring (bicyclic) bond motifs is 1. The minimum absolute atomic E-state index is 0.267. The van der Waals surface area contributed by atoms with Crippen LogP contribution in [-0.4, -0.2) is 35.2 Å². The van der Waals surface area contributed by atoms with Gasteiger partial charge in [-0.15, -0.1) is 11.3 Å². The zero-order valence-electron chi connectivity index (χ0n) is 19.0. The van der Waals surface area contributed by atoms with Crippen LogP contribution in [0.25, 0.3) is 22.4 Å². The van der Waals surface area contributed by atoms with Crippen molar-refractivity contribution in [2.24, 2.45) is 0 Å². The van der Waals surface area contributed by atoms with Gasteiger partial charge in [-0.3, -0.25) is 4.79 Å². The Morgan fingerprint density at radius 1 is 1.12 bits per heavy atom. The number of amides is 1. The fourth-order valence-electron chi connectivity index (χ4n) is 3.77.